The first-order valence-corrected chi connectivity index (χ1v) is 5.95. The van der Waals surface area contributed by atoms with Gasteiger partial charge >= 0.3 is 5.97 Å². The van der Waals surface area contributed by atoms with E-state index < -0.39 is 5.97 Å². The van der Waals surface area contributed by atoms with Crippen LogP contribution in [-0.2, 0) is 9.53 Å². The SMILES string of the molecule is COC(C)(C)CCN(CCC(=O)O)C1CC1. The van der Waals surface area contributed by atoms with Crippen LogP contribution < -0.4 is 0 Å². The zero-order valence-corrected chi connectivity index (χ0v) is 10.5. The third-order valence-corrected chi connectivity index (χ3v) is 3.23. The standard InChI is InChI=1S/C12H23NO3/c1-12(2,16-3)7-9-13(10-4-5-10)8-6-11(14)15/h10H,4-9H2,1-3H3,(H,14,15). The Morgan fingerprint density at radius 2 is 2.06 bits per heavy atom. The van der Waals surface area contributed by atoms with Gasteiger partial charge in [0.15, 0.2) is 0 Å². The van der Waals surface area contributed by atoms with Crippen molar-refractivity contribution in [2.45, 2.75) is 51.2 Å². The van der Waals surface area contributed by atoms with E-state index in [9.17, 15) is 4.79 Å². The van der Waals surface area contributed by atoms with E-state index in [2.05, 4.69) is 18.7 Å². The second kappa shape index (κ2) is 5.64. The van der Waals surface area contributed by atoms with Crippen molar-refractivity contribution in [2.24, 2.45) is 0 Å². The summed E-state index contributed by atoms with van der Waals surface area (Å²) in [6, 6.07) is 0.618. The van der Waals surface area contributed by atoms with Crippen molar-refractivity contribution < 1.29 is 14.6 Å². The molecule has 1 N–H and O–H groups in total. The van der Waals surface area contributed by atoms with Crippen LogP contribution in [0.25, 0.3) is 0 Å². The number of carboxylic acids is 1. The maximum absolute atomic E-state index is 10.6. The second-order valence-corrected chi connectivity index (χ2v) is 5.12. The highest BCUT2D eigenvalue weighted by atomic mass is 16.5. The molecule has 0 aromatic heterocycles. The lowest BCUT2D eigenvalue weighted by Crippen LogP contribution is -2.35. The molecule has 1 saturated carbocycles. The summed E-state index contributed by atoms with van der Waals surface area (Å²) in [5.41, 5.74) is -0.115. The minimum absolute atomic E-state index is 0.115. The van der Waals surface area contributed by atoms with Crippen LogP contribution in [0.15, 0.2) is 0 Å². The van der Waals surface area contributed by atoms with Gasteiger partial charge in [-0.1, -0.05) is 0 Å². The molecule has 4 heteroatoms. The fourth-order valence-corrected chi connectivity index (χ4v) is 1.67. The maximum Gasteiger partial charge on any atom is 0.304 e. The highest BCUT2D eigenvalue weighted by Gasteiger charge is 2.30. The number of rotatable bonds is 8. The lowest BCUT2D eigenvalue weighted by atomic mass is 10.0. The Kier molecular flexibility index (Phi) is 4.74. The second-order valence-electron chi connectivity index (χ2n) is 5.12. The summed E-state index contributed by atoms with van der Waals surface area (Å²) in [6.07, 6.45) is 3.61. The molecule has 1 aliphatic rings. The molecule has 0 unspecified atom stereocenters. The van der Waals surface area contributed by atoms with Crippen LogP contribution in [0.3, 0.4) is 0 Å². The van der Waals surface area contributed by atoms with Crippen LogP contribution >= 0.6 is 0 Å². The molecule has 0 amide bonds. The van der Waals surface area contributed by atoms with Crippen molar-refractivity contribution in [3.05, 3.63) is 0 Å². The van der Waals surface area contributed by atoms with Crippen LogP contribution in [0.2, 0.25) is 0 Å². The number of carbonyl (C=O) groups is 1. The van der Waals surface area contributed by atoms with Gasteiger partial charge in [-0.3, -0.25) is 9.69 Å². The number of ether oxygens (including phenoxy) is 1. The van der Waals surface area contributed by atoms with Crippen molar-refractivity contribution in [1.82, 2.24) is 4.90 Å². The quantitative estimate of drug-likeness (QED) is 0.689. The number of methoxy groups -OCH3 is 1. The molecule has 0 aromatic carbocycles. The zero-order valence-electron chi connectivity index (χ0n) is 10.5. The molecule has 0 heterocycles. The summed E-state index contributed by atoms with van der Waals surface area (Å²) in [6.45, 7) is 5.73. The summed E-state index contributed by atoms with van der Waals surface area (Å²) < 4.78 is 5.37. The first kappa shape index (κ1) is 13.5. The van der Waals surface area contributed by atoms with E-state index in [1.54, 1.807) is 7.11 Å². The van der Waals surface area contributed by atoms with Crippen molar-refractivity contribution in [1.29, 1.82) is 0 Å². The van der Waals surface area contributed by atoms with Gasteiger partial charge < -0.3 is 9.84 Å². The lowest BCUT2D eigenvalue weighted by molar-refractivity contribution is -0.137. The minimum atomic E-state index is -0.711. The summed E-state index contributed by atoms with van der Waals surface area (Å²) >= 11 is 0. The molecule has 1 aliphatic carbocycles. The van der Waals surface area contributed by atoms with E-state index in [4.69, 9.17) is 9.84 Å². The Morgan fingerprint density at radius 3 is 2.50 bits per heavy atom. The first-order valence-electron chi connectivity index (χ1n) is 5.95. The van der Waals surface area contributed by atoms with Gasteiger partial charge in [-0.25, -0.2) is 0 Å². The summed E-state index contributed by atoms with van der Waals surface area (Å²) in [5.74, 6) is -0.711. The van der Waals surface area contributed by atoms with Gasteiger partial charge in [-0.2, -0.15) is 0 Å². The molecule has 0 bridgehead atoms. The van der Waals surface area contributed by atoms with Gasteiger partial charge in [0.2, 0.25) is 0 Å². The maximum atomic E-state index is 10.6. The van der Waals surface area contributed by atoms with E-state index in [0.29, 0.717) is 12.6 Å². The van der Waals surface area contributed by atoms with Crippen LogP contribution in [-0.4, -0.2) is 47.8 Å². The molecule has 4 nitrogen and oxygen atoms in total. The van der Waals surface area contributed by atoms with E-state index in [1.165, 1.54) is 12.8 Å². The predicted octanol–water partition coefficient (Wildman–Crippen LogP) is 1.74. The fourth-order valence-electron chi connectivity index (χ4n) is 1.67. The smallest absolute Gasteiger partial charge is 0.304 e. The Hall–Kier alpha value is -0.610. The number of aliphatic carboxylic acids is 1. The Morgan fingerprint density at radius 1 is 1.44 bits per heavy atom. The molecule has 94 valence electrons. The number of nitrogens with zero attached hydrogens (tertiary/aromatic N) is 1. The summed E-state index contributed by atoms with van der Waals surface area (Å²) in [7, 11) is 1.72. The van der Waals surface area contributed by atoms with Crippen molar-refractivity contribution in [3.63, 3.8) is 0 Å². The van der Waals surface area contributed by atoms with E-state index in [0.717, 1.165) is 13.0 Å². The number of hydrogen-bond acceptors (Lipinski definition) is 3. The predicted molar refractivity (Wildman–Crippen MR) is 62.6 cm³/mol. The van der Waals surface area contributed by atoms with Gasteiger partial charge in [0, 0.05) is 26.2 Å². The van der Waals surface area contributed by atoms with Crippen molar-refractivity contribution >= 4 is 5.97 Å². The van der Waals surface area contributed by atoms with Gasteiger partial charge in [0.05, 0.1) is 12.0 Å². The molecule has 16 heavy (non-hydrogen) atoms. The normalized spacial score (nSPS) is 16.8. The van der Waals surface area contributed by atoms with Crippen LogP contribution in [0.5, 0.6) is 0 Å². The molecule has 0 saturated heterocycles. The molecule has 1 fully saturated rings. The third-order valence-electron chi connectivity index (χ3n) is 3.23. The molecule has 0 spiro atoms. The van der Waals surface area contributed by atoms with Crippen LogP contribution in [0.4, 0.5) is 0 Å². The van der Waals surface area contributed by atoms with Gasteiger partial charge in [0.1, 0.15) is 0 Å². The average Bonchev–Trinajstić information content (AvgIpc) is 3.01. The minimum Gasteiger partial charge on any atom is -0.481 e. The van der Waals surface area contributed by atoms with Crippen LogP contribution in [0.1, 0.15) is 39.5 Å². The van der Waals surface area contributed by atoms with Gasteiger partial charge in [-0.15, -0.1) is 0 Å². The Labute approximate surface area is 97.6 Å². The third kappa shape index (κ3) is 4.94. The van der Waals surface area contributed by atoms with E-state index in [1.807, 2.05) is 0 Å². The van der Waals surface area contributed by atoms with E-state index >= 15 is 0 Å². The molecule has 0 aliphatic heterocycles. The molecular weight excluding hydrogens is 206 g/mol. The molecule has 1 rings (SSSR count). The zero-order chi connectivity index (χ0) is 12.2. The van der Waals surface area contributed by atoms with Crippen molar-refractivity contribution in [3.8, 4) is 0 Å². The number of hydrogen-bond donors (Lipinski definition) is 1. The molecule has 0 radical (unpaired) electrons. The molecule has 0 aromatic rings. The highest BCUT2D eigenvalue weighted by Crippen LogP contribution is 2.28. The van der Waals surface area contributed by atoms with E-state index in [-0.39, 0.29) is 12.0 Å². The largest absolute Gasteiger partial charge is 0.481 e. The Bertz CT molecular complexity index is 236. The monoisotopic (exact) mass is 229 g/mol. The highest BCUT2D eigenvalue weighted by molar-refractivity contribution is 5.66. The summed E-state index contributed by atoms with van der Waals surface area (Å²) in [5, 5.41) is 8.69. The summed E-state index contributed by atoms with van der Waals surface area (Å²) in [4.78, 5) is 12.8. The van der Waals surface area contributed by atoms with Crippen LogP contribution in [0, 0.1) is 0 Å². The molecular formula is C12H23NO3. The average molecular weight is 229 g/mol. The van der Waals surface area contributed by atoms with Gasteiger partial charge in [0.25, 0.3) is 0 Å². The van der Waals surface area contributed by atoms with Crippen molar-refractivity contribution in [2.75, 3.05) is 20.2 Å². The number of carboxylic acid groups (broad SMARTS) is 1. The fraction of sp³-hybridized carbons (Fsp3) is 0.917. The first-order chi connectivity index (χ1) is 7.44. The molecule has 0 atom stereocenters. The van der Waals surface area contributed by atoms with Gasteiger partial charge in [-0.05, 0) is 33.1 Å². The Balaban J connectivity index is 2.31. The lowest BCUT2D eigenvalue weighted by Gasteiger charge is -2.28. The topological polar surface area (TPSA) is 49.8 Å².